The quantitative estimate of drug-likeness (QED) is 0.196. The Hall–Kier alpha value is -4.09. The number of halogens is 11. The Morgan fingerprint density at radius 3 is 1.68 bits per heavy atom. The monoisotopic (exact) mass is 547 g/mol. The Morgan fingerprint density at radius 1 is 0.658 bits per heavy atom. The van der Waals surface area contributed by atoms with E-state index in [0.29, 0.717) is 0 Å². The first-order chi connectivity index (χ1) is 17.8. The molecule has 1 nitrogen and oxygen atoms in total. The molecule has 0 bridgehead atoms. The molecule has 0 amide bonds. The van der Waals surface area contributed by atoms with E-state index < -0.39 is 92.1 Å². The summed E-state index contributed by atoms with van der Waals surface area (Å²) in [6, 6.07) is 3.35. The summed E-state index contributed by atoms with van der Waals surface area (Å²) < 4.78 is 156. The van der Waals surface area contributed by atoms with E-state index in [1.807, 2.05) is 5.32 Å². The summed E-state index contributed by atoms with van der Waals surface area (Å²) >= 11 is 0. The van der Waals surface area contributed by atoms with Crippen LogP contribution in [0.5, 0.6) is 0 Å². The Balaban J connectivity index is 2.08. The van der Waals surface area contributed by atoms with E-state index in [0.717, 1.165) is 24.3 Å². The van der Waals surface area contributed by atoms with Crippen molar-refractivity contribution in [2.75, 3.05) is 5.32 Å². The van der Waals surface area contributed by atoms with Crippen molar-refractivity contribution < 1.29 is 48.3 Å². The second-order valence-corrected chi connectivity index (χ2v) is 8.10. The lowest BCUT2D eigenvalue weighted by Gasteiger charge is -2.21. The van der Waals surface area contributed by atoms with E-state index in [-0.39, 0.29) is 17.6 Å². The van der Waals surface area contributed by atoms with Crippen LogP contribution in [0, 0.1) is 65.1 Å². The third-order valence-electron chi connectivity index (χ3n) is 5.62. The summed E-state index contributed by atoms with van der Waals surface area (Å²) in [6.07, 6.45) is 2.57. The van der Waals surface area contributed by atoms with Gasteiger partial charge >= 0.3 is 0 Å². The van der Waals surface area contributed by atoms with Crippen LogP contribution in [-0.2, 0) is 0 Å². The van der Waals surface area contributed by atoms with Crippen molar-refractivity contribution in [3.8, 4) is 0 Å². The molecule has 1 N–H and O–H groups in total. The predicted molar refractivity (Wildman–Crippen MR) is 116 cm³/mol. The van der Waals surface area contributed by atoms with E-state index in [4.69, 9.17) is 0 Å². The lowest BCUT2D eigenvalue weighted by Crippen LogP contribution is -2.11. The molecule has 3 aromatic rings. The molecular weight excluding hydrogens is 535 g/mol. The van der Waals surface area contributed by atoms with Gasteiger partial charge in [-0.3, -0.25) is 0 Å². The van der Waals surface area contributed by atoms with Crippen LogP contribution in [0.15, 0.2) is 47.8 Å². The molecule has 0 saturated heterocycles. The van der Waals surface area contributed by atoms with Crippen LogP contribution in [0.3, 0.4) is 0 Å². The maximum absolute atomic E-state index is 15.0. The van der Waals surface area contributed by atoms with Gasteiger partial charge in [-0.2, -0.15) is 0 Å². The molecule has 38 heavy (non-hydrogen) atoms. The predicted octanol–water partition coefficient (Wildman–Crippen LogP) is 8.74. The second-order valence-electron chi connectivity index (χ2n) is 8.10. The molecule has 1 aliphatic carbocycles. The minimum absolute atomic E-state index is 0.278. The van der Waals surface area contributed by atoms with E-state index in [1.165, 1.54) is 19.1 Å². The Kier molecular flexibility index (Phi) is 7.09. The van der Waals surface area contributed by atoms with Gasteiger partial charge in [-0.05, 0) is 43.2 Å². The van der Waals surface area contributed by atoms with Crippen LogP contribution in [-0.4, -0.2) is 0 Å². The van der Waals surface area contributed by atoms with Gasteiger partial charge in [0.05, 0.1) is 5.56 Å². The molecule has 0 atom stereocenters. The van der Waals surface area contributed by atoms with Crippen molar-refractivity contribution >= 4 is 16.9 Å². The zero-order valence-corrected chi connectivity index (χ0v) is 18.8. The maximum atomic E-state index is 15.0. The molecule has 0 saturated carbocycles. The molecule has 4 rings (SSSR count). The van der Waals surface area contributed by atoms with Crippen LogP contribution >= 0.6 is 0 Å². The molecule has 0 radical (unpaired) electrons. The Morgan fingerprint density at radius 2 is 1.16 bits per heavy atom. The summed E-state index contributed by atoms with van der Waals surface area (Å²) in [7, 11) is 0. The molecule has 0 unspecified atom stereocenters. The fourth-order valence-electron chi connectivity index (χ4n) is 3.86. The standard InChI is InChI=1S/C26H12F11N/c1-9-5-6-13(38-26-24(36)22(34)21(33)23(35)25(26)37)12(7-9)14(10-3-2-4-11(27)8-10)15-16(28)18(30)20(32)19(31)17(15)29/h2,4-8,38H,3H2,1H3/b14-10-. The van der Waals surface area contributed by atoms with Crippen molar-refractivity contribution in [2.24, 2.45) is 0 Å². The molecule has 3 aromatic carbocycles. The molecule has 12 heteroatoms. The normalized spacial score (nSPS) is 14.6. The fourth-order valence-corrected chi connectivity index (χ4v) is 3.86. The third-order valence-corrected chi connectivity index (χ3v) is 5.62. The first-order valence-electron chi connectivity index (χ1n) is 10.5. The number of anilines is 2. The molecular formula is C26H12F11N. The van der Waals surface area contributed by atoms with Gasteiger partial charge in [0.2, 0.25) is 11.6 Å². The summed E-state index contributed by atoms with van der Waals surface area (Å²) in [5.74, 6) is -24.3. The van der Waals surface area contributed by atoms with Crippen molar-refractivity contribution in [1.82, 2.24) is 0 Å². The van der Waals surface area contributed by atoms with E-state index in [9.17, 15) is 48.3 Å². The van der Waals surface area contributed by atoms with Gasteiger partial charge in [0.1, 0.15) is 11.5 Å². The topological polar surface area (TPSA) is 12.0 Å². The third kappa shape index (κ3) is 4.44. The highest BCUT2D eigenvalue weighted by atomic mass is 19.2. The summed E-state index contributed by atoms with van der Waals surface area (Å²) in [6.45, 7) is 1.42. The average molecular weight is 547 g/mol. The van der Waals surface area contributed by atoms with Gasteiger partial charge in [0, 0.05) is 16.8 Å². The van der Waals surface area contributed by atoms with Crippen LogP contribution in [0.2, 0.25) is 0 Å². The molecule has 198 valence electrons. The number of hydrogen-bond donors (Lipinski definition) is 1. The van der Waals surface area contributed by atoms with Crippen LogP contribution < -0.4 is 5.32 Å². The molecule has 0 aliphatic heterocycles. The van der Waals surface area contributed by atoms with Gasteiger partial charge in [0.15, 0.2) is 46.5 Å². The number of hydrogen-bond acceptors (Lipinski definition) is 1. The minimum atomic E-state index is -2.47. The van der Waals surface area contributed by atoms with Crippen molar-refractivity contribution in [1.29, 1.82) is 0 Å². The first kappa shape index (κ1) is 27.0. The van der Waals surface area contributed by atoms with Crippen LogP contribution in [0.1, 0.15) is 23.1 Å². The number of benzene rings is 3. The van der Waals surface area contributed by atoms with Crippen LogP contribution in [0.25, 0.3) is 5.57 Å². The lowest BCUT2D eigenvalue weighted by atomic mass is 9.87. The van der Waals surface area contributed by atoms with Crippen molar-refractivity contribution in [2.45, 2.75) is 13.3 Å². The van der Waals surface area contributed by atoms with Gasteiger partial charge < -0.3 is 5.32 Å². The second kappa shape index (κ2) is 9.99. The average Bonchev–Trinajstić information content (AvgIpc) is 2.89. The zero-order valence-electron chi connectivity index (χ0n) is 18.8. The molecule has 0 fully saturated rings. The summed E-state index contributed by atoms with van der Waals surface area (Å²) in [4.78, 5) is 0. The minimum Gasteiger partial charge on any atom is -0.350 e. The fraction of sp³-hybridized carbons (Fsp3) is 0.0769. The summed E-state index contributed by atoms with van der Waals surface area (Å²) in [5, 5.41) is 1.96. The van der Waals surface area contributed by atoms with Gasteiger partial charge in [-0.25, -0.2) is 48.3 Å². The Labute approximate surface area is 207 Å². The lowest BCUT2D eigenvalue weighted by molar-refractivity contribution is 0.376. The SMILES string of the molecule is Cc1ccc(Nc2c(F)c(F)c(F)c(F)c2F)c(/C(=C2/C=C(F)C=CC2)c2c(F)c(F)c(F)c(F)c2F)c1. The first-order valence-corrected chi connectivity index (χ1v) is 10.5. The Bertz CT molecular complexity index is 1530. The van der Waals surface area contributed by atoms with Crippen molar-refractivity contribution in [3.05, 3.63) is 123 Å². The number of rotatable bonds is 4. The number of allylic oxidation sites excluding steroid dienone is 5. The van der Waals surface area contributed by atoms with E-state index >= 15 is 0 Å². The van der Waals surface area contributed by atoms with Gasteiger partial charge in [0.25, 0.3) is 0 Å². The molecule has 0 spiro atoms. The molecule has 0 aromatic heterocycles. The smallest absolute Gasteiger partial charge is 0.200 e. The number of nitrogens with one attached hydrogen (secondary N) is 1. The maximum Gasteiger partial charge on any atom is 0.200 e. The highest BCUT2D eigenvalue weighted by molar-refractivity contribution is 5.91. The van der Waals surface area contributed by atoms with Gasteiger partial charge in [-0.1, -0.05) is 17.7 Å². The highest BCUT2D eigenvalue weighted by Gasteiger charge is 2.32. The summed E-state index contributed by atoms with van der Waals surface area (Å²) in [5.41, 5.74) is -4.94. The largest absolute Gasteiger partial charge is 0.350 e. The molecule has 0 heterocycles. The zero-order chi connectivity index (χ0) is 28.0. The van der Waals surface area contributed by atoms with Crippen molar-refractivity contribution in [3.63, 3.8) is 0 Å². The molecule has 1 aliphatic rings. The highest BCUT2D eigenvalue weighted by Crippen LogP contribution is 2.42. The van der Waals surface area contributed by atoms with E-state index in [1.54, 1.807) is 0 Å². The van der Waals surface area contributed by atoms with Gasteiger partial charge in [-0.15, -0.1) is 0 Å². The van der Waals surface area contributed by atoms with Crippen LogP contribution in [0.4, 0.5) is 59.7 Å². The number of aryl methyl sites for hydroxylation is 1. The van der Waals surface area contributed by atoms with E-state index in [2.05, 4.69) is 0 Å².